The lowest BCUT2D eigenvalue weighted by molar-refractivity contribution is -0.137. The molecule has 1 unspecified atom stereocenters. The van der Waals surface area contributed by atoms with Crippen molar-refractivity contribution in [1.29, 1.82) is 0 Å². The molecule has 0 spiro atoms. The molecule has 0 bridgehead atoms. The molecule has 35 heavy (non-hydrogen) atoms. The number of ketones is 2. The lowest BCUT2D eigenvalue weighted by Crippen LogP contribution is -2.32. The number of nitrogens with one attached hydrogen (secondary N) is 1. The molecule has 0 radical (unpaired) electrons. The van der Waals surface area contributed by atoms with Gasteiger partial charge in [-0.05, 0) is 69.6 Å². The Morgan fingerprint density at radius 1 is 1.03 bits per heavy atom. The van der Waals surface area contributed by atoms with Gasteiger partial charge in [0.2, 0.25) is 0 Å². The Morgan fingerprint density at radius 3 is 2.29 bits per heavy atom. The fourth-order valence-electron chi connectivity index (χ4n) is 4.10. The fourth-order valence-corrected chi connectivity index (χ4v) is 4.10. The Hall–Kier alpha value is -2.58. The standard InChI is InChI=1S/C14H20FNO.C13H14F3NO/c1-2-3-5-11(8-9-16)14(17)12-6-4-7-13(15)10-12;14-13(15,16)11-3-1-2-10(8-11)12(18)9-4-6-17-7-5-9/h4,6-7,10-11H,2-3,5,8-9,16H2,1H3;1-3,8-9,17H,4-7H2. The maximum absolute atomic E-state index is 13.1. The van der Waals surface area contributed by atoms with Crippen molar-refractivity contribution in [3.63, 3.8) is 0 Å². The third kappa shape index (κ3) is 9.18. The number of halogens is 4. The summed E-state index contributed by atoms with van der Waals surface area (Å²) < 4.78 is 50.7. The van der Waals surface area contributed by atoms with Crippen LogP contribution in [0.3, 0.4) is 0 Å². The molecule has 0 saturated carbocycles. The Labute approximate surface area is 204 Å². The van der Waals surface area contributed by atoms with E-state index in [0.717, 1.165) is 44.5 Å². The SMILES string of the molecule is CCCCC(CCN)C(=O)c1cccc(F)c1.O=C(c1cccc(C(F)(F)F)c1)C1CCNCC1. The van der Waals surface area contributed by atoms with Gasteiger partial charge in [-0.2, -0.15) is 13.2 Å². The number of Topliss-reactive ketones (excluding diaryl/α,β-unsaturated/α-hetero) is 2. The average Bonchev–Trinajstić information content (AvgIpc) is 2.86. The van der Waals surface area contributed by atoms with Crippen LogP contribution in [0.4, 0.5) is 17.6 Å². The minimum Gasteiger partial charge on any atom is -0.330 e. The van der Waals surface area contributed by atoms with Gasteiger partial charge in [0, 0.05) is 23.0 Å². The van der Waals surface area contributed by atoms with Gasteiger partial charge in [0.25, 0.3) is 0 Å². The molecule has 0 amide bonds. The average molecular weight is 495 g/mol. The Kier molecular flexibility index (Phi) is 11.5. The number of benzene rings is 2. The summed E-state index contributed by atoms with van der Waals surface area (Å²) >= 11 is 0. The molecule has 1 aliphatic heterocycles. The zero-order valence-electron chi connectivity index (χ0n) is 20.0. The van der Waals surface area contributed by atoms with Gasteiger partial charge >= 0.3 is 6.18 Å². The summed E-state index contributed by atoms with van der Waals surface area (Å²) in [4.78, 5) is 24.3. The van der Waals surface area contributed by atoms with E-state index >= 15 is 0 Å². The second-order valence-corrected chi connectivity index (χ2v) is 8.76. The van der Waals surface area contributed by atoms with E-state index in [9.17, 15) is 27.2 Å². The molecule has 3 N–H and O–H groups in total. The van der Waals surface area contributed by atoms with Crippen molar-refractivity contribution in [2.75, 3.05) is 19.6 Å². The van der Waals surface area contributed by atoms with Gasteiger partial charge in [0.15, 0.2) is 11.6 Å². The third-order valence-corrected chi connectivity index (χ3v) is 6.09. The molecule has 2 aromatic carbocycles. The van der Waals surface area contributed by atoms with E-state index in [2.05, 4.69) is 12.2 Å². The number of unbranched alkanes of at least 4 members (excludes halogenated alkanes) is 1. The quantitative estimate of drug-likeness (QED) is 0.329. The minimum atomic E-state index is -4.40. The molecule has 1 aliphatic rings. The van der Waals surface area contributed by atoms with Crippen LogP contribution >= 0.6 is 0 Å². The van der Waals surface area contributed by atoms with Gasteiger partial charge in [0.05, 0.1) is 5.56 Å². The molecule has 0 aliphatic carbocycles. The summed E-state index contributed by atoms with van der Waals surface area (Å²) in [5.41, 5.74) is 5.38. The first kappa shape index (κ1) is 28.7. The molecule has 1 saturated heterocycles. The first-order valence-corrected chi connectivity index (χ1v) is 12.1. The largest absolute Gasteiger partial charge is 0.416 e. The zero-order valence-corrected chi connectivity index (χ0v) is 20.0. The second-order valence-electron chi connectivity index (χ2n) is 8.76. The highest BCUT2D eigenvalue weighted by atomic mass is 19.4. The van der Waals surface area contributed by atoms with E-state index in [1.54, 1.807) is 12.1 Å². The fraction of sp³-hybridized carbons (Fsp3) is 0.481. The van der Waals surface area contributed by atoms with Crippen molar-refractivity contribution < 1.29 is 27.2 Å². The maximum Gasteiger partial charge on any atom is 0.416 e. The predicted octanol–water partition coefficient (Wildman–Crippen LogP) is 6.05. The topological polar surface area (TPSA) is 72.2 Å². The summed E-state index contributed by atoms with van der Waals surface area (Å²) in [6, 6.07) is 10.6. The van der Waals surface area contributed by atoms with Gasteiger partial charge in [-0.25, -0.2) is 4.39 Å². The Balaban J connectivity index is 0.000000247. The third-order valence-electron chi connectivity index (χ3n) is 6.09. The first-order valence-electron chi connectivity index (χ1n) is 12.1. The molecule has 0 aromatic heterocycles. The predicted molar refractivity (Wildman–Crippen MR) is 129 cm³/mol. The van der Waals surface area contributed by atoms with Crippen LogP contribution in [-0.4, -0.2) is 31.2 Å². The van der Waals surface area contributed by atoms with Gasteiger partial charge in [-0.15, -0.1) is 0 Å². The van der Waals surface area contributed by atoms with E-state index < -0.39 is 11.7 Å². The molecule has 1 fully saturated rings. The summed E-state index contributed by atoms with van der Waals surface area (Å²) in [5, 5.41) is 3.12. The molecule has 8 heteroatoms. The van der Waals surface area contributed by atoms with Gasteiger partial charge in [-0.1, -0.05) is 44.0 Å². The van der Waals surface area contributed by atoms with Crippen LogP contribution in [0, 0.1) is 17.7 Å². The van der Waals surface area contributed by atoms with Crippen molar-refractivity contribution in [2.45, 2.75) is 51.6 Å². The van der Waals surface area contributed by atoms with E-state index in [-0.39, 0.29) is 34.8 Å². The molecule has 2 aromatic rings. The molecule has 4 nitrogen and oxygen atoms in total. The number of carbonyl (C=O) groups excluding carboxylic acids is 2. The number of hydrogen-bond donors (Lipinski definition) is 2. The zero-order chi connectivity index (χ0) is 25.8. The molecular weight excluding hydrogens is 460 g/mol. The normalized spacial score (nSPS) is 15.1. The number of piperidine rings is 1. The summed E-state index contributed by atoms with van der Waals surface area (Å²) in [5.74, 6) is -0.750. The van der Waals surface area contributed by atoms with Gasteiger partial charge in [-0.3, -0.25) is 9.59 Å². The summed E-state index contributed by atoms with van der Waals surface area (Å²) in [6.07, 6.45) is 0.552. The molecular formula is C27H34F4N2O2. The smallest absolute Gasteiger partial charge is 0.330 e. The van der Waals surface area contributed by atoms with Crippen molar-refractivity contribution in [1.82, 2.24) is 5.32 Å². The van der Waals surface area contributed by atoms with E-state index in [0.29, 0.717) is 31.4 Å². The van der Waals surface area contributed by atoms with Crippen LogP contribution in [0.5, 0.6) is 0 Å². The van der Waals surface area contributed by atoms with Gasteiger partial charge in [0.1, 0.15) is 5.82 Å². The van der Waals surface area contributed by atoms with Crippen molar-refractivity contribution in [3.8, 4) is 0 Å². The second kappa shape index (κ2) is 14.1. The summed E-state index contributed by atoms with van der Waals surface area (Å²) in [7, 11) is 0. The highest BCUT2D eigenvalue weighted by molar-refractivity contribution is 5.98. The highest BCUT2D eigenvalue weighted by Gasteiger charge is 2.31. The number of alkyl halides is 3. The minimum absolute atomic E-state index is 0.0170. The van der Waals surface area contributed by atoms with Crippen LogP contribution in [0.1, 0.15) is 71.7 Å². The number of hydrogen-bond acceptors (Lipinski definition) is 4. The van der Waals surface area contributed by atoms with Gasteiger partial charge < -0.3 is 11.1 Å². The lowest BCUT2D eigenvalue weighted by Gasteiger charge is -2.21. The highest BCUT2D eigenvalue weighted by Crippen LogP contribution is 2.30. The van der Waals surface area contributed by atoms with Crippen molar-refractivity contribution >= 4 is 11.6 Å². The number of carbonyl (C=O) groups is 2. The molecule has 192 valence electrons. The lowest BCUT2D eigenvalue weighted by atomic mass is 9.89. The molecule has 1 atom stereocenters. The molecule has 1 heterocycles. The van der Waals surface area contributed by atoms with Crippen LogP contribution < -0.4 is 11.1 Å². The van der Waals surface area contributed by atoms with Crippen LogP contribution in [-0.2, 0) is 6.18 Å². The maximum atomic E-state index is 13.1. The number of nitrogens with two attached hydrogens (primary N) is 1. The van der Waals surface area contributed by atoms with Crippen LogP contribution in [0.25, 0.3) is 0 Å². The number of rotatable bonds is 9. The molecule has 3 rings (SSSR count). The Bertz CT molecular complexity index is 956. The van der Waals surface area contributed by atoms with E-state index in [1.165, 1.54) is 24.3 Å². The monoisotopic (exact) mass is 494 g/mol. The van der Waals surface area contributed by atoms with Crippen molar-refractivity contribution in [3.05, 3.63) is 71.0 Å². The van der Waals surface area contributed by atoms with Crippen LogP contribution in [0.2, 0.25) is 0 Å². The van der Waals surface area contributed by atoms with E-state index in [1.807, 2.05) is 0 Å². The van der Waals surface area contributed by atoms with Crippen LogP contribution in [0.15, 0.2) is 48.5 Å². The van der Waals surface area contributed by atoms with Crippen molar-refractivity contribution in [2.24, 2.45) is 17.6 Å². The first-order chi connectivity index (χ1) is 16.7. The van der Waals surface area contributed by atoms with E-state index in [4.69, 9.17) is 5.73 Å². The summed E-state index contributed by atoms with van der Waals surface area (Å²) in [6.45, 7) is 4.08. The Morgan fingerprint density at radius 2 is 1.69 bits per heavy atom.